The van der Waals surface area contributed by atoms with E-state index in [1.54, 1.807) is 24.3 Å². The summed E-state index contributed by atoms with van der Waals surface area (Å²) >= 11 is 6.13. The molecule has 8 nitrogen and oxygen atoms in total. The predicted octanol–water partition coefficient (Wildman–Crippen LogP) is 6.24. The Kier molecular flexibility index (Phi) is 11.8. The molecule has 0 aromatic heterocycles. The number of methoxy groups -OCH3 is 1. The van der Waals surface area contributed by atoms with Crippen LogP contribution in [0.4, 0.5) is 10.1 Å². The number of sulfonamides is 1. The average molecular weight is 666 g/mol. The van der Waals surface area contributed by atoms with E-state index < -0.39 is 34.3 Å². The highest BCUT2D eigenvalue weighted by Crippen LogP contribution is 2.27. The molecule has 0 bridgehead atoms. The van der Waals surface area contributed by atoms with E-state index in [0.717, 1.165) is 22.0 Å². The zero-order chi connectivity index (χ0) is 33.3. The van der Waals surface area contributed by atoms with Crippen LogP contribution in [0.15, 0.2) is 108 Å². The highest BCUT2D eigenvalue weighted by Gasteiger charge is 2.35. The van der Waals surface area contributed by atoms with Gasteiger partial charge in [0.25, 0.3) is 10.0 Å². The van der Waals surface area contributed by atoms with Crippen LogP contribution in [0.5, 0.6) is 5.75 Å². The molecule has 4 rings (SSSR count). The molecule has 0 heterocycles. The number of nitrogens with zero attached hydrogens (tertiary/aromatic N) is 2. The van der Waals surface area contributed by atoms with Crippen LogP contribution in [0.3, 0.4) is 0 Å². The van der Waals surface area contributed by atoms with Crippen LogP contribution in [-0.4, -0.2) is 50.9 Å². The van der Waals surface area contributed by atoms with Crippen LogP contribution < -0.4 is 14.4 Å². The highest BCUT2D eigenvalue weighted by molar-refractivity contribution is 7.92. The van der Waals surface area contributed by atoms with Crippen molar-refractivity contribution >= 4 is 39.1 Å². The van der Waals surface area contributed by atoms with Gasteiger partial charge < -0.3 is 15.0 Å². The fourth-order valence-corrected chi connectivity index (χ4v) is 6.33. The fraction of sp³-hybridized carbons (Fsp3) is 0.257. The van der Waals surface area contributed by atoms with Crippen molar-refractivity contribution in [2.75, 3.05) is 18.0 Å². The third-order valence-electron chi connectivity index (χ3n) is 7.58. The van der Waals surface area contributed by atoms with Crippen molar-refractivity contribution in [3.8, 4) is 5.75 Å². The Hall–Kier alpha value is -4.41. The minimum atomic E-state index is -4.34. The number of amides is 2. The first-order valence-corrected chi connectivity index (χ1v) is 16.6. The van der Waals surface area contributed by atoms with Gasteiger partial charge in [0, 0.05) is 24.0 Å². The van der Waals surface area contributed by atoms with Gasteiger partial charge in [-0.15, -0.1) is 0 Å². The Bertz CT molecular complexity index is 1700. The first kappa shape index (κ1) is 34.5. The molecule has 0 aliphatic heterocycles. The SMILES string of the molecule is CC[C@@H](C)NC(=O)[C@H](Cc1ccccc1)N(Cc1ccc(Cl)cc1)C(=O)CN(c1ccc(F)cc1)S(=O)(=O)c1ccc(OC)cc1. The first-order chi connectivity index (χ1) is 22.0. The lowest BCUT2D eigenvalue weighted by Crippen LogP contribution is -2.54. The van der Waals surface area contributed by atoms with E-state index in [-0.39, 0.29) is 35.5 Å². The second-order valence-corrected chi connectivity index (χ2v) is 13.1. The molecular weight excluding hydrogens is 629 g/mol. The van der Waals surface area contributed by atoms with Crippen molar-refractivity contribution in [3.63, 3.8) is 0 Å². The van der Waals surface area contributed by atoms with Gasteiger partial charge >= 0.3 is 0 Å². The monoisotopic (exact) mass is 665 g/mol. The summed E-state index contributed by atoms with van der Waals surface area (Å²) in [4.78, 5) is 29.6. The van der Waals surface area contributed by atoms with Crippen LogP contribution in [0, 0.1) is 5.82 Å². The number of carbonyl (C=O) groups excluding carboxylic acids is 2. The summed E-state index contributed by atoms with van der Waals surface area (Å²) < 4.78 is 48.2. The summed E-state index contributed by atoms with van der Waals surface area (Å²) in [5.41, 5.74) is 1.60. The summed E-state index contributed by atoms with van der Waals surface area (Å²) in [6, 6.07) is 25.6. The molecule has 4 aromatic carbocycles. The number of ether oxygens (including phenoxy) is 1. The summed E-state index contributed by atoms with van der Waals surface area (Å²) in [7, 11) is -2.87. The van der Waals surface area contributed by atoms with E-state index in [4.69, 9.17) is 16.3 Å². The zero-order valence-corrected chi connectivity index (χ0v) is 27.5. The molecule has 0 spiro atoms. The van der Waals surface area contributed by atoms with Gasteiger partial charge in [0.15, 0.2) is 0 Å². The number of benzene rings is 4. The van der Waals surface area contributed by atoms with Crippen LogP contribution >= 0.6 is 11.6 Å². The highest BCUT2D eigenvalue weighted by atomic mass is 35.5. The van der Waals surface area contributed by atoms with Gasteiger partial charge in [-0.3, -0.25) is 13.9 Å². The van der Waals surface area contributed by atoms with E-state index in [0.29, 0.717) is 22.8 Å². The van der Waals surface area contributed by atoms with Crippen LogP contribution in [-0.2, 0) is 32.6 Å². The Morgan fingerprint density at radius 1 is 0.891 bits per heavy atom. The van der Waals surface area contributed by atoms with Crippen molar-refractivity contribution in [1.29, 1.82) is 0 Å². The molecule has 0 radical (unpaired) electrons. The number of nitrogens with one attached hydrogen (secondary N) is 1. The van der Waals surface area contributed by atoms with Gasteiger partial charge in [0.05, 0.1) is 17.7 Å². The number of halogens is 2. The number of anilines is 1. The second kappa shape index (κ2) is 15.7. The number of hydrogen-bond acceptors (Lipinski definition) is 5. The zero-order valence-electron chi connectivity index (χ0n) is 25.9. The molecule has 11 heteroatoms. The van der Waals surface area contributed by atoms with Gasteiger partial charge in [0.1, 0.15) is 24.2 Å². The lowest BCUT2D eigenvalue weighted by atomic mass is 10.0. The Morgan fingerprint density at radius 2 is 1.52 bits per heavy atom. The molecule has 0 saturated heterocycles. The van der Waals surface area contributed by atoms with E-state index >= 15 is 0 Å². The van der Waals surface area contributed by atoms with Gasteiger partial charge in [-0.05, 0) is 85.1 Å². The molecular formula is C35H37ClFN3O5S. The molecule has 242 valence electrons. The predicted molar refractivity (Wildman–Crippen MR) is 178 cm³/mol. The van der Waals surface area contributed by atoms with Crippen molar-refractivity contribution in [3.05, 3.63) is 125 Å². The second-order valence-electron chi connectivity index (χ2n) is 10.8. The molecule has 0 fully saturated rings. The summed E-state index contributed by atoms with van der Waals surface area (Å²) in [6.45, 7) is 3.16. The standard InChI is InChI=1S/C35H37ClFN3O5S/c1-4-25(2)38-35(42)33(22-26-8-6-5-7-9-26)39(23-27-10-12-28(36)13-11-27)34(41)24-40(30-16-14-29(37)15-17-30)46(43,44)32-20-18-31(45-3)19-21-32/h5-21,25,33H,4,22-24H2,1-3H3,(H,38,42)/t25-,33+/m1/s1. The quantitative estimate of drug-likeness (QED) is 0.172. The maximum absolute atomic E-state index is 14.5. The van der Waals surface area contributed by atoms with Gasteiger partial charge in [-0.1, -0.05) is 61.0 Å². The van der Waals surface area contributed by atoms with E-state index in [2.05, 4.69) is 5.32 Å². The average Bonchev–Trinajstić information content (AvgIpc) is 3.06. The molecule has 2 amide bonds. The van der Waals surface area contributed by atoms with Crippen molar-refractivity contribution in [2.45, 2.75) is 50.2 Å². The minimum Gasteiger partial charge on any atom is -0.497 e. The van der Waals surface area contributed by atoms with Gasteiger partial charge in [0.2, 0.25) is 11.8 Å². The van der Waals surface area contributed by atoms with Crippen LogP contribution in [0.2, 0.25) is 5.02 Å². The topological polar surface area (TPSA) is 96.0 Å². The maximum Gasteiger partial charge on any atom is 0.264 e. The lowest BCUT2D eigenvalue weighted by molar-refractivity contribution is -0.140. The molecule has 4 aromatic rings. The molecule has 46 heavy (non-hydrogen) atoms. The van der Waals surface area contributed by atoms with Crippen molar-refractivity contribution < 1.29 is 27.1 Å². The Labute approximate surface area is 274 Å². The third-order valence-corrected chi connectivity index (χ3v) is 9.62. The van der Waals surface area contributed by atoms with Crippen LogP contribution in [0.1, 0.15) is 31.4 Å². The van der Waals surface area contributed by atoms with Gasteiger partial charge in [-0.25, -0.2) is 12.8 Å². The van der Waals surface area contributed by atoms with Crippen LogP contribution in [0.25, 0.3) is 0 Å². The molecule has 2 atom stereocenters. The normalized spacial score (nSPS) is 12.5. The van der Waals surface area contributed by atoms with Gasteiger partial charge in [-0.2, -0.15) is 0 Å². The van der Waals surface area contributed by atoms with E-state index in [9.17, 15) is 22.4 Å². The largest absolute Gasteiger partial charge is 0.497 e. The smallest absolute Gasteiger partial charge is 0.264 e. The Morgan fingerprint density at radius 3 is 2.11 bits per heavy atom. The summed E-state index contributed by atoms with van der Waals surface area (Å²) in [5, 5.41) is 3.50. The molecule has 0 aliphatic carbocycles. The number of carbonyl (C=O) groups is 2. The molecule has 1 N–H and O–H groups in total. The Balaban J connectivity index is 1.80. The number of rotatable bonds is 14. The molecule has 0 unspecified atom stereocenters. The third kappa shape index (κ3) is 8.86. The van der Waals surface area contributed by atoms with Crippen molar-refractivity contribution in [1.82, 2.24) is 10.2 Å². The summed E-state index contributed by atoms with van der Waals surface area (Å²) in [6.07, 6.45) is 0.859. The maximum atomic E-state index is 14.5. The molecule has 0 saturated carbocycles. The minimum absolute atomic E-state index is 0.00126. The fourth-order valence-electron chi connectivity index (χ4n) is 4.79. The molecule has 0 aliphatic rings. The van der Waals surface area contributed by atoms with E-state index in [1.165, 1.54) is 48.4 Å². The lowest BCUT2D eigenvalue weighted by Gasteiger charge is -2.34. The first-order valence-electron chi connectivity index (χ1n) is 14.8. The number of hydrogen-bond donors (Lipinski definition) is 1. The van der Waals surface area contributed by atoms with E-state index in [1.807, 2.05) is 44.2 Å². The summed E-state index contributed by atoms with van der Waals surface area (Å²) in [5.74, 6) is -1.11. The van der Waals surface area contributed by atoms with Crippen molar-refractivity contribution in [2.24, 2.45) is 0 Å².